The first kappa shape index (κ1) is 8.89. The summed E-state index contributed by atoms with van der Waals surface area (Å²) in [6.45, 7) is 0.972. The molecule has 0 unspecified atom stereocenters. The average molecular weight is 123 g/mol. The molecule has 0 saturated heterocycles. The molecule has 0 aliphatic rings. The average Bonchev–Trinajstić information content (AvgIpc) is 0.811. The molecule has 0 atom stereocenters. The van der Waals surface area contributed by atoms with E-state index in [2.05, 4.69) is 0 Å². The maximum atomic E-state index is 8.89. The third-order valence-corrected chi connectivity index (χ3v) is 0. The summed E-state index contributed by atoms with van der Waals surface area (Å²) in [6.07, 6.45) is 0. The molecule has 0 spiro atoms. The molecule has 33 valence electrons. The number of carboxylic acid groups (broad SMARTS) is 1. The van der Waals surface area contributed by atoms with Crippen molar-refractivity contribution < 1.29 is 27.0 Å². The normalized spacial score (nSPS) is 5.00. The molecule has 0 bridgehead atoms. The number of rotatable bonds is 0. The number of carbonyl (C=O) groups is 1. The van der Waals surface area contributed by atoms with Crippen molar-refractivity contribution in [3.05, 3.63) is 0 Å². The standard InChI is InChI=1S/C2H4O2.Cu/c1-2(3)4;/h1H3,(H,3,4);/q;+2/p-1. The van der Waals surface area contributed by atoms with Gasteiger partial charge in [-0.15, -0.1) is 0 Å². The predicted molar refractivity (Wildman–Crippen MR) is 10.7 cm³/mol. The second-order valence-electron chi connectivity index (χ2n) is 0.492. The van der Waals surface area contributed by atoms with Gasteiger partial charge in [-0.3, -0.25) is 0 Å². The van der Waals surface area contributed by atoms with Gasteiger partial charge in [0.15, 0.2) is 0 Å². The largest absolute Gasteiger partial charge is 2.00 e. The number of hydrogen-bond donors (Lipinski definition) is 0. The van der Waals surface area contributed by atoms with Crippen LogP contribution in [-0.4, -0.2) is 5.97 Å². The zero-order chi connectivity index (χ0) is 3.58. The molecule has 0 N–H and O–H groups in total. The molecule has 0 aliphatic heterocycles. The van der Waals surface area contributed by atoms with E-state index < -0.39 is 5.97 Å². The fourth-order valence-corrected chi connectivity index (χ4v) is 0. The van der Waals surface area contributed by atoms with Gasteiger partial charge in [-0.05, 0) is 6.92 Å². The van der Waals surface area contributed by atoms with Crippen LogP contribution in [0, 0.1) is 0 Å². The SMILES string of the molecule is CC(=O)[O-].[Cu+2]. The molecular weight excluding hydrogens is 120 g/mol. The van der Waals surface area contributed by atoms with Crippen LogP contribution in [0.1, 0.15) is 6.92 Å². The van der Waals surface area contributed by atoms with Crippen LogP contribution in [0.15, 0.2) is 0 Å². The van der Waals surface area contributed by atoms with Crippen LogP contribution in [0.5, 0.6) is 0 Å². The second kappa shape index (κ2) is 3.99. The monoisotopic (exact) mass is 122 g/mol. The van der Waals surface area contributed by atoms with Gasteiger partial charge < -0.3 is 9.90 Å². The molecule has 0 saturated carbocycles. The van der Waals surface area contributed by atoms with Crippen molar-refractivity contribution in [3.63, 3.8) is 0 Å². The predicted octanol–water partition coefficient (Wildman–Crippen LogP) is -1.25. The molecule has 0 heterocycles. The molecule has 0 rings (SSSR count). The van der Waals surface area contributed by atoms with Gasteiger partial charge in [0.2, 0.25) is 0 Å². The Bertz CT molecular complexity index is 30.6. The second-order valence-corrected chi connectivity index (χ2v) is 0.492. The number of hydrogen-bond acceptors (Lipinski definition) is 2. The van der Waals surface area contributed by atoms with E-state index >= 15 is 0 Å². The van der Waals surface area contributed by atoms with Crippen LogP contribution in [0.2, 0.25) is 0 Å². The van der Waals surface area contributed by atoms with Gasteiger partial charge in [0.1, 0.15) is 0 Å². The van der Waals surface area contributed by atoms with Crippen LogP contribution in [0.25, 0.3) is 0 Å². The Hall–Kier alpha value is -0.0105. The summed E-state index contributed by atoms with van der Waals surface area (Å²) < 4.78 is 0. The van der Waals surface area contributed by atoms with E-state index in [0.29, 0.717) is 0 Å². The molecule has 0 amide bonds. The zero-order valence-corrected chi connectivity index (χ0v) is 3.56. The molecule has 0 aromatic heterocycles. The van der Waals surface area contributed by atoms with Gasteiger partial charge in [0, 0.05) is 5.97 Å². The van der Waals surface area contributed by atoms with Crippen LogP contribution in [0.3, 0.4) is 0 Å². The maximum absolute atomic E-state index is 8.89. The Kier molecular flexibility index (Phi) is 7.09. The topological polar surface area (TPSA) is 40.1 Å². The van der Waals surface area contributed by atoms with Crippen molar-refractivity contribution in [1.82, 2.24) is 0 Å². The van der Waals surface area contributed by atoms with Crippen LogP contribution < -0.4 is 5.11 Å². The first-order chi connectivity index (χ1) is 1.73. The minimum absolute atomic E-state index is 0. The first-order valence-corrected chi connectivity index (χ1v) is 0.908. The number of carbonyl (C=O) groups excluding carboxylic acids is 1. The van der Waals surface area contributed by atoms with Crippen molar-refractivity contribution in [2.24, 2.45) is 0 Å². The van der Waals surface area contributed by atoms with Crippen molar-refractivity contribution >= 4 is 5.97 Å². The van der Waals surface area contributed by atoms with Gasteiger partial charge in [0.25, 0.3) is 0 Å². The minimum atomic E-state index is -1.08. The Morgan fingerprint density at radius 1 is 1.80 bits per heavy atom. The number of carboxylic acids is 1. The Labute approximate surface area is 40.7 Å². The third-order valence-electron chi connectivity index (χ3n) is 0. The third kappa shape index (κ3) is 143000. The summed E-state index contributed by atoms with van der Waals surface area (Å²) in [5.74, 6) is -1.08. The fraction of sp³-hybridized carbons (Fsp3) is 0.500. The van der Waals surface area contributed by atoms with E-state index in [1.54, 1.807) is 0 Å². The van der Waals surface area contributed by atoms with Crippen molar-refractivity contribution in [1.29, 1.82) is 0 Å². The Balaban J connectivity index is 0. The van der Waals surface area contributed by atoms with Gasteiger partial charge >= 0.3 is 17.1 Å². The van der Waals surface area contributed by atoms with Crippen LogP contribution in [-0.2, 0) is 21.9 Å². The summed E-state index contributed by atoms with van der Waals surface area (Å²) in [6, 6.07) is 0. The van der Waals surface area contributed by atoms with Crippen LogP contribution >= 0.6 is 0 Å². The molecule has 1 radical (unpaired) electrons. The summed E-state index contributed by atoms with van der Waals surface area (Å²) in [5.41, 5.74) is 0. The summed E-state index contributed by atoms with van der Waals surface area (Å²) in [4.78, 5) is 8.89. The number of aliphatic carboxylic acids is 1. The fourth-order valence-electron chi connectivity index (χ4n) is 0. The summed E-state index contributed by atoms with van der Waals surface area (Å²) >= 11 is 0. The first-order valence-electron chi connectivity index (χ1n) is 0.908. The van der Waals surface area contributed by atoms with Gasteiger partial charge in [-0.25, -0.2) is 0 Å². The van der Waals surface area contributed by atoms with E-state index in [9.17, 15) is 0 Å². The quantitative estimate of drug-likeness (QED) is 0.377. The molecular formula is C2H3CuO2+. The zero-order valence-electron chi connectivity index (χ0n) is 2.62. The maximum Gasteiger partial charge on any atom is 2.00 e. The van der Waals surface area contributed by atoms with E-state index in [0.717, 1.165) is 6.92 Å². The summed E-state index contributed by atoms with van der Waals surface area (Å²) in [7, 11) is 0. The van der Waals surface area contributed by atoms with Gasteiger partial charge in [0.05, 0.1) is 0 Å². The molecule has 0 aliphatic carbocycles. The Morgan fingerprint density at radius 3 is 1.80 bits per heavy atom. The molecule has 2 nitrogen and oxygen atoms in total. The van der Waals surface area contributed by atoms with E-state index in [-0.39, 0.29) is 17.1 Å². The molecule has 0 aromatic rings. The minimum Gasteiger partial charge on any atom is -0.550 e. The van der Waals surface area contributed by atoms with E-state index in [4.69, 9.17) is 9.90 Å². The van der Waals surface area contributed by atoms with Crippen molar-refractivity contribution in [3.8, 4) is 0 Å². The van der Waals surface area contributed by atoms with E-state index in [1.165, 1.54) is 0 Å². The molecule has 3 heteroatoms. The molecule has 0 aromatic carbocycles. The van der Waals surface area contributed by atoms with Crippen molar-refractivity contribution in [2.75, 3.05) is 0 Å². The van der Waals surface area contributed by atoms with Gasteiger partial charge in [-0.1, -0.05) is 0 Å². The van der Waals surface area contributed by atoms with Gasteiger partial charge in [-0.2, -0.15) is 0 Å². The summed E-state index contributed by atoms with van der Waals surface area (Å²) in [5, 5.41) is 8.89. The van der Waals surface area contributed by atoms with Crippen molar-refractivity contribution in [2.45, 2.75) is 6.92 Å². The van der Waals surface area contributed by atoms with Crippen LogP contribution in [0.4, 0.5) is 0 Å². The molecule has 5 heavy (non-hydrogen) atoms. The van der Waals surface area contributed by atoms with E-state index in [1.807, 2.05) is 0 Å². The Morgan fingerprint density at radius 2 is 1.80 bits per heavy atom. The molecule has 0 fully saturated rings. The smallest absolute Gasteiger partial charge is 0.550 e.